The Kier molecular flexibility index (Phi) is 5.55. The van der Waals surface area contributed by atoms with Gasteiger partial charge in [-0.3, -0.25) is 4.79 Å². The molecule has 0 saturated carbocycles. The highest BCUT2D eigenvalue weighted by molar-refractivity contribution is 6.34. The molecule has 5 heteroatoms. The van der Waals surface area contributed by atoms with Crippen LogP contribution in [0, 0.1) is 0 Å². The fraction of sp³-hybridized carbons (Fsp3) is 0.533. The number of nitrogens with zero attached hydrogens (tertiary/aromatic N) is 1. The van der Waals surface area contributed by atoms with E-state index in [0.29, 0.717) is 10.7 Å². The van der Waals surface area contributed by atoms with E-state index in [0.717, 1.165) is 18.8 Å². The summed E-state index contributed by atoms with van der Waals surface area (Å²) in [5.41, 5.74) is 1.73. The molecule has 0 spiro atoms. The topological polar surface area (TPSA) is 32.3 Å². The number of hydrogen-bond donors (Lipinski definition) is 1. The summed E-state index contributed by atoms with van der Waals surface area (Å²) in [5.74, 6) is -0.217. The monoisotopic (exact) mass is 314 g/mol. The van der Waals surface area contributed by atoms with E-state index in [1.165, 1.54) is 25.7 Å². The third-order valence-electron chi connectivity index (χ3n) is 3.52. The van der Waals surface area contributed by atoms with Gasteiger partial charge in [-0.25, -0.2) is 0 Å². The van der Waals surface area contributed by atoms with Crippen molar-refractivity contribution in [2.45, 2.75) is 38.0 Å². The van der Waals surface area contributed by atoms with E-state index in [1.54, 1.807) is 13.0 Å². The molecule has 1 aliphatic rings. The lowest BCUT2D eigenvalue weighted by molar-refractivity contribution is -0.115. The molecule has 1 fully saturated rings. The molecule has 1 amide bonds. The zero-order valence-corrected chi connectivity index (χ0v) is 13.2. The second kappa shape index (κ2) is 7.19. The van der Waals surface area contributed by atoms with Crippen LogP contribution in [0.15, 0.2) is 18.2 Å². The minimum atomic E-state index is -0.556. The first-order valence-electron chi connectivity index (χ1n) is 7.07. The standard InChI is InChI=1S/C15H20Cl2N2O/c1-11(16)15(20)18-12-6-7-14(13(17)10-12)19-8-4-2-3-5-9-19/h6-7,10-11H,2-5,8-9H2,1H3,(H,18,20)/t11-/m0/s1. The maximum absolute atomic E-state index is 11.6. The lowest BCUT2D eigenvalue weighted by Gasteiger charge is -2.24. The Hall–Kier alpha value is -0.930. The van der Waals surface area contributed by atoms with Crippen LogP contribution in [0.1, 0.15) is 32.6 Å². The molecule has 0 unspecified atom stereocenters. The number of rotatable bonds is 3. The van der Waals surface area contributed by atoms with Crippen LogP contribution < -0.4 is 10.2 Å². The van der Waals surface area contributed by atoms with Crippen LogP contribution in [0.2, 0.25) is 5.02 Å². The smallest absolute Gasteiger partial charge is 0.242 e. The fourth-order valence-electron chi connectivity index (χ4n) is 2.39. The second-order valence-corrected chi connectivity index (χ2v) is 6.23. The van der Waals surface area contributed by atoms with Crippen molar-refractivity contribution in [3.8, 4) is 0 Å². The minimum Gasteiger partial charge on any atom is -0.370 e. The van der Waals surface area contributed by atoms with Gasteiger partial charge in [0.1, 0.15) is 5.38 Å². The second-order valence-electron chi connectivity index (χ2n) is 5.17. The molecule has 0 aromatic heterocycles. The number of carbonyl (C=O) groups excluding carboxylic acids is 1. The van der Waals surface area contributed by atoms with E-state index in [-0.39, 0.29) is 5.91 Å². The van der Waals surface area contributed by atoms with E-state index in [9.17, 15) is 4.79 Å². The first-order valence-corrected chi connectivity index (χ1v) is 7.89. The molecular weight excluding hydrogens is 295 g/mol. The molecule has 2 rings (SSSR count). The Morgan fingerprint density at radius 1 is 1.25 bits per heavy atom. The molecule has 0 radical (unpaired) electrons. The Labute approximate surface area is 130 Å². The number of hydrogen-bond acceptors (Lipinski definition) is 2. The van der Waals surface area contributed by atoms with E-state index in [2.05, 4.69) is 10.2 Å². The molecule has 1 aliphatic heterocycles. The first kappa shape index (κ1) is 15.5. The first-order chi connectivity index (χ1) is 9.58. The molecule has 1 aromatic carbocycles. The van der Waals surface area contributed by atoms with Crippen LogP contribution in [0.4, 0.5) is 11.4 Å². The molecule has 1 heterocycles. The number of amides is 1. The van der Waals surface area contributed by atoms with Gasteiger partial charge in [-0.1, -0.05) is 24.4 Å². The predicted molar refractivity (Wildman–Crippen MR) is 86.1 cm³/mol. The van der Waals surface area contributed by atoms with Crippen molar-refractivity contribution in [1.29, 1.82) is 0 Å². The van der Waals surface area contributed by atoms with Gasteiger partial charge in [-0.15, -0.1) is 11.6 Å². The highest BCUT2D eigenvalue weighted by atomic mass is 35.5. The van der Waals surface area contributed by atoms with Gasteiger partial charge < -0.3 is 10.2 Å². The van der Waals surface area contributed by atoms with Crippen molar-refractivity contribution in [3.05, 3.63) is 23.2 Å². The third-order valence-corrected chi connectivity index (χ3v) is 4.02. The SMILES string of the molecule is C[C@H](Cl)C(=O)Nc1ccc(N2CCCCCC2)c(Cl)c1. The van der Waals surface area contributed by atoms with Crippen LogP contribution in [0.25, 0.3) is 0 Å². The molecule has 0 bridgehead atoms. The number of anilines is 2. The molecule has 1 saturated heterocycles. The number of halogens is 2. The highest BCUT2D eigenvalue weighted by Crippen LogP contribution is 2.30. The summed E-state index contributed by atoms with van der Waals surface area (Å²) in [4.78, 5) is 13.9. The predicted octanol–water partition coefficient (Wildman–Crippen LogP) is 4.29. The van der Waals surface area contributed by atoms with Gasteiger partial charge in [0.2, 0.25) is 5.91 Å². The summed E-state index contributed by atoms with van der Waals surface area (Å²) in [5, 5.41) is 2.87. The van der Waals surface area contributed by atoms with Gasteiger partial charge in [-0.2, -0.15) is 0 Å². The zero-order chi connectivity index (χ0) is 14.5. The number of alkyl halides is 1. The molecule has 110 valence electrons. The summed E-state index contributed by atoms with van der Waals surface area (Å²) in [6.07, 6.45) is 4.99. The maximum atomic E-state index is 11.6. The van der Waals surface area contributed by atoms with Crippen molar-refractivity contribution in [2.24, 2.45) is 0 Å². The van der Waals surface area contributed by atoms with Gasteiger partial charge in [0.25, 0.3) is 0 Å². The van der Waals surface area contributed by atoms with Crippen molar-refractivity contribution < 1.29 is 4.79 Å². The van der Waals surface area contributed by atoms with Gasteiger partial charge in [0.15, 0.2) is 0 Å². The largest absolute Gasteiger partial charge is 0.370 e. The van der Waals surface area contributed by atoms with E-state index >= 15 is 0 Å². The van der Waals surface area contributed by atoms with E-state index in [1.807, 2.05) is 12.1 Å². The number of nitrogens with one attached hydrogen (secondary N) is 1. The lowest BCUT2D eigenvalue weighted by Crippen LogP contribution is -2.24. The normalized spacial score (nSPS) is 17.4. The quantitative estimate of drug-likeness (QED) is 0.844. The van der Waals surface area contributed by atoms with Gasteiger partial charge in [0.05, 0.1) is 10.7 Å². The molecular formula is C15H20Cl2N2O. The van der Waals surface area contributed by atoms with Crippen molar-refractivity contribution in [3.63, 3.8) is 0 Å². The molecule has 3 nitrogen and oxygen atoms in total. The van der Waals surface area contributed by atoms with Gasteiger partial charge in [-0.05, 0) is 38.0 Å². The van der Waals surface area contributed by atoms with Crippen LogP contribution >= 0.6 is 23.2 Å². The number of carbonyl (C=O) groups is 1. The zero-order valence-electron chi connectivity index (χ0n) is 11.7. The Morgan fingerprint density at radius 2 is 1.90 bits per heavy atom. The summed E-state index contributed by atoms with van der Waals surface area (Å²) >= 11 is 12.1. The summed E-state index contributed by atoms with van der Waals surface area (Å²) in [6.45, 7) is 3.73. The summed E-state index contributed by atoms with van der Waals surface area (Å²) < 4.78 is 0. The van der Waals surface area contributed by atoms with Crippen LogP contribution in [-0.2, 0) is 4.79 Å². The average Bonchev–Trinajstić information content (AvgIpc) is 2.67. The summed E-state index contributed by atoms with van der Waals surface area (Å²) in [6, 6.07) is 5.64. The van der Waals surface area contributed by atoms with Crippen LogP contribution in [-0.4, -0.2) is 24.4 Å². The van der Waals surface area contributed by atoms with Gasteiger partial charge >= 0.3 is 0 Å². The Balaban J connectivity index is 2.10. The fourth-order valence-corrected chi connectivity index (χ4v) is 2.75. The molecule has 0 aliphatic carbocycles. The third kappa shape index (κ3) is 4.03. The maximum Gasteiger partial charge on any atom is 0.242 e. The van der Waals surface area contributed by atoms with E-state index in [4.69, 9.17) is 23.2 Å². The summed E-state index contributed by atoms with van der Waals surface area (Å²) in [7, 11) is 0. The van der Waals surface area contributed by atoms with Crippen LogP contribution in [0.3, 0.4) is 0 Å². The van der Waals surface area contributed by atoms with Crippen molar-refractivity contribution >= 4 is 40.5 Å². The molecule has 20 heavy (non-hydrogen) atoms. The number of benzene rings is 1. The highest BCUT2D eigenvalue weighted by Gasteiger charge is 2.14. The Morgan fingerprint density at radius 3 is 2.45 bits per heavy atom. The Bertz CT molecular complexity index is 469. The van der Waals surface area contributed by atoms with E-state index < -0.39 is 5.38 Å². The molecule has 1 aromatic rings. The molecule has 1 atom stereocenters. The van der Waals surface area contributed by atoms with Crippen molar-refractivity contribution in [2.75, 3.05) is 23.3 Å². The lowest BCUT2D eigenvalue weighted by atomic mass is 10.2. The average molecular weight is 315 g/mol. The van der Waals surface area contributed by atoms with Gasteiger partial charge in [0, 0.05) is 18.8 Å². The van der Waals surface area contributed by atoms with Crippen LogP contribution in [0.5, 0.6) is 0 Å². The molecule has 1 N–H and O–H groups in total. The minimum absolute atomic E-state index is 0.217. The van der Waals surface area contributed by atoms with Crippen molar-refractivity contribution in [1.82, 2.24) is 0 Å².